The molecule has 2 bridgehead atoms. The fraction of sp³-hybridized carbons (Fsp3) is 0.727. The Morgan fingerprint density at radius 3 is 2.50 bits per heavy atom. The van der Waals surface area contributed by atoms with E-state index in [-0.39, 0.29) is 0 Å². The minimum atomic E-state index is 0.324. The van der Waals surface area contributed by atoms with Crippen molar-refractivity contribution in [2.45, 2.75) is 32.1 Å². The van der Waals surface area contributed by atoms with Gasteiger partial charge in [-0.1, -0.05) is 25.0 Å². The van der Waals surface area contributed by atoms with Crippen LogP contribution in [0.25, 0.3) is 0 Å². The molecule has 0 aromatic heterocycles. The van der Waals surface area contributed by atoms with Gasteiger partial charge in [0.15, 0.2) is 0 Å². The van der Waals surface area contributed by atoms with Gasteiger partial charge < -0.3 is 0 Å². The summed E-state index contributed by atoms with van der Waals surface area (Å²) in [5.74, 6) is 1.46. The Bertz CT molecular complexity index is 258. The zero-order valence-electron chi connectivity index (χ0n) is 7.25. The predicted octanol–water partition coefficient (Wildman–Crippen LogP) is 2.32. The summed E-state index contributed by atoms with van der Waals surface area (Å²) in [6.07, 6.45) is 10.6. The molecule has 2 atom stereocenters. The first-order valence-electron chi connectivity index (χ1n) is 5.04. The van der Waals surface area contributed by atoms with Gasteiger partial charge in [0.05, 0.1) is 0 Å². The lowest BCUT2D eigenvalue weighted by Crippen LogP contribution is -2.24. The molecule has 0 aromatic rings. The van der Waals surface area contributed by atoms with Gasteiger partial charge in [-0.3, -0.25) is 4.79 Å². The van der Waals surface area contributed by atoms with Crippen LogP contribution in [0.2, 0.25) is 0 Å². The summed E-state index contributed by atoms with van der Waals surface area (Å²) in [4.78, 5) is 11.5. The van der Waals surface area contributed by atoms with Gasteiger partial charge in [0.1, 0.15) is 5.78 Å². The van der Waals surface area contributed by atoms with Crippen LogP contribution in [-0.2, 0) is 4.79 Å². The molecule has 1 nitrogen and oxygen atoms in total. The maximum Gasteiger partial charge on any atom is 0.140 e. The van der Waals surface area contributed by atoms with E-state index in [0.717, 1.165) is 6.42 Å². The van der Waals surface area contributed by atoms with Crippen molar-refractivity contribution in [1.29, 1.82) is 0 Å². The Morgan fingerprint density at radius 1 is 1.25 bits per heavy atom. The molecule has 0 radical (unpaired) electrons. The van der Waals surface area contributed by atoms with Gasteiger partial charge in [-0.25, -0.2) is 0 Å². The molecule has 0 aromatic carbocycles. The van der Waals surface area contributed by atoms with Crippen LogP contribution in [0, 0.1) is 17.3 Å². The van der Waals surface area contributed by atoms with E-state index in [1.807, 2.05) is 0 Å². The molecular weight excluding hydrogens is 148 g/mol. The van der Waals surface area contributed by atoms with E-state index >= 15 is 0 Å². The number of carbonyl (C=O) groups is 1. The maximum absolute atomic E-state index is 11.5. The number of hydrogen-bond acceptors (Lipinski definition) is 1. The van der Waals surface area contributed by atoms with E-state index in [4.69, 9.17) is 0 Å². The van der Waals surface area contributed by atoms with Crippen LogP contribution in [0.5, 0.6) is 0 Å². The Morgan fingerprint density at radius 2 is 2.00 bits per heavy atom. The molecule has 2 fully saturated rings. The van der Waals surface area contributed by atoms with E-state index in [0.29, 0.717) is 23.0 Å². The summed E-state index contributed by atoms with van der Waals surface area (Å²) in [6, 6.07) is 0. The molecule has 3 aliphatic rings. The predicted molar refractivity (Wildman–Crippen MR) is 46.6 cm³/mol. The van der Waals surface area contributed by atoms with Crippen molar-refractivity contribution >= 4 is 5.78 Å². The first-order valence-corrected chi connectivity index (χ1v) is 5.04. The molecule has 0 N–H and O–H groups in total. The Kier molecular flexibility index (Phi) is 1.15. The van der Waals surface area contributed by atoms with Crippen molar-refractivity contribution in [2.75, 3.05) is 0 Å². The molecule has 12 heavy (non-hydrogen) atoms. The highest BCUT2D eigenvalue weighted by Crippen LogP contribution is 2.60. The lowest BCUT2D eigenvalue weighted by Gasteiger charge is -2.27. The average molecular weight is 162 g/mol. The fourth-order valence-electron chi connectivity index (χ4n) is 3.62. The third-order valence-electron chi connectivity index (χ3n) is 4.20. The van der Waals surface area contributed by atoms with Crippen molar-refractivity contribution < 1.29 is 4.79 Å². The average Bonchev–Trinajstić information content (AvgIpc) is 2.70. The standard InChI is InChI=1S/C11H14O/c12-10-7-8-3-4-9(10)11(8)5-1-2-6-11/h3-4,8-9H,1-2,5-7H2. The van der Waals surface area contributed by atoms with Crippen LogP contribution in [-0.4, -0.2) is 5.78 Å². The van der Waals surface area contributed by atoms with Crippen LogP contribution < -0.4 is 0 Å². The first kappa shape index (κ1) is 6.88. The van der Waals surface area contributed by atoms with Crippen LogP contribution >= 0.6 is 0 Å². The lowest BCUT2D eigenvalue weighted by atomic mass is 9.75. The summed E-state index contributed by atoms with van der Waals surface area (Å²) in [6.45, 7) is 0. The Labute approximate surface area is 72.8 Å². The van der Waals surface area contributed by atoms with Crippen LogP contribution in [0.15, 0.2) is 12.2 Å². The van der Waals surface area contributed by atoms with Crippen molar-refractivity contribution in [3.8, 4) is 0 Å². The van der Waals surface area contributed by atoms with Crippen LogP contribution in [0.3, 0.4) is 0 Å². The number of ketones is 1. The number of allylic oxidation sites excluding steroid dienone is 2. The van der Waals surface area contributed by atoms with Gasteiger partial charge in [0.25, 0.3) is 0 Å². The number of rotatable bonds is 0. The summed E-state index contributed by atoms with van der Waals surface area (Å²) < 4.78 is 0. The second kappa shape index (κ2) is 2.01. The van der Waals surface area contributed by atoms with Crippen LogP contribution in [0.4, 0.5) is 0 Å². The molecule has 3 aliphatic carbocycles. The molecule has 0 amide bonds. The van der Waals surface area contributed by atoms with E-state index in [1.54, 1.807) is 0 Å². The summed E-state index contributed by atoms with van der Waals surface area (Å²) >= 11 is 0. The van der Waals surface area contributed by atoms with Gasteiger partial charge in [-0.15, -0.1) is 0 Å². The molecule has 0 saturated heterocycles. The highest BCUT2D eigenvalue weighted by Gasteiger charge is 2.56. The largest absolute Gasteiger partial charge is 0.299 e. The second-order valence-electron chi connectivity index (χ2n) is 4.58. The van der Waals surface area contributed by atoms with Crippen molar-refractivity contribution in [3.05, 3.63) is 12.2 Å². The zero-order valence-corrected chi connectivity index (χ0v) is 7.25. The minimum Gasteiger partial charge on any atom is -0.299 e. The van der Waals surface area contributed by atoms with Crippen molar-refractivity contribution in [3.63, 3.8) is 0 Å². The molecule has 2 unspecified atom stereocenters. The van der Waals surface area contributed by atoms with E-state index in [2.05, 4.69) is 12.2 Å². The first-order chi connectivity index (χ1) is 5.83. The smallest absolute Gasteiger partial charge is 0.140 e. The van der Waals surface area contributed by atoms with E-state index in [9.17, 15) is 4.79 Å². The zero-order chi connectivity index (χ0) is 8.18. The second-order valence-corrected chi connectivity index (χ2v) is 4.58. The number of carbonyl (C=O) groups excluding carboxylic acids is 1. The SMILES string of the molecule is O=C1CC2C=CC1C21CCCC1. The summed E-state index contributed by atoms with van der Waals surface area (Å²) in [5, 5.41) is 0. The normalized spacial score (nSPS) is 41.8. The highest BCUT2D eigenvalue weighted by molar-refractivity contribution is 5.88. The van der Waals surface area contributed by atoms with Crippen LogP contribution in [0.1, 0.15) is 32.1 Å². The van der Waals surface area contributed by atoms with Gasteiger partial charge >= 0.3 is 0 Å². The molecule has 0 heterocycles. The quantitative estimate of drug-likeness (QED) is 0.499. The molecule has 2 saturated carbocycles. The molecule has 64 valence electrons. The van der Waals surface area contributed by atoms with E-state index in [1.165, 1.54) is 25.7 Å². The highest BCUT2D eigenvalue weighted by atomic mass is 16.1. The monoisotopic (exact) mass is 162 g/mol. The van der Waals surface area contributed by atoms with Gasteiger partial charge in [-0.2, -0.15) is 0 Å². The fourth-order valence-corrected chi connectivity index (χ4v) is 3.62. The topological polar surface area (TPSA) is 17.1 Å². The molecule has 1 heteroatoms. The maximum atomic E-state index is 11.5. The molecular formula is C11H14O. The molecule has 0 aliphatic heterocycles. The van der Waals surface area contributed by atoms with Gasteiger partial charge in [0.2, 0.25) is 0 Å². The van der Waals surface area contributed by atoms with Gasteiger partial charge in [-0.05, 0) is 24.2 Å². The third-order valence-corrected chi connectivity index (χ3v) is 4.20. The summed E-state index contributed by atoms with van der Waals surface area (Å²) in [7, 11) is 0. The number of Topliss-reactive ketones (excluding diaryl/α,β-unsaturated/α-hetero) is 1. The lowest BCUT2D eigenvalue weighted by molar-refractivity contribution is -0.120. The Hall–Kier alpha value is -0.590. The van der Waals surface area contributed by atoms with Crippen molar-refractivity contribution in [2.24, 2.45) is 17.3 Å². The summed E-state index contributed by atoms with van der Waals surface area (Å²) in [5.41, 5.74) is 0.428. The van der Waals surface area contributed by atoms with Gasteiger partial charge in [0, 0.05) is 12.3 Å². The number of hydrogen-bond donors (Lipinski definition) is 0. The third kappa shape index (κ3) is 0.596. The molecule has 3 rings (SSSR count). The van der Waals surface area contributed by atoms with E-state index < -0.39 is 0 Å². The Balaban J connectivity index is 2.04. The molecule has 1 spiro atoms. The van der Waals surface area contributed by atoms with Crippen molar-refractivity contribution in [1.82, 2.24) is 0 Å². The minimum absolute atomic E-state index is 0.324.